The van der Waals surface area contributed by atoms with Crippen molar-refractivity contribution in [1.29, 1.82) is 0 Å². The van der Waals surface area contributed by atoms with Crippen LogP contribution < -0.4 is 0 Å². The second-order valence-corrected chi connectivity index (χ2v) is 7.29. The predicted molar refractivity (Wildman–Crippen MR) is 91.9 cm³/mol. The minimum Gasteiger partial charge on any atom is -0.275 e. The summed E-state index contributed by atoms with van der Waals surface area (Å²) in [5, 5.41) is 2.26. The summed E-state index contributed by atoms with van der Waals surface area (Å²) in [4.78, 5) is 27.6. The molecule has 1 heterocycles. The molecule has 2 fully saturated rings. The molecule has 1 saturated carbocycles. The monoisotopic (exact) mass is 317 g/mol. The minimum atomic E-state index is -0.221. The average molecular weight is 317 g/mol. The van der Waals surface area contributed by atoms with E-state index in [1.807, 2.05) is 31.2 Å². The third kappa shape index (κ3) is 1.67. The van der Waals surface area contributed by atoms with E-state index in [0.29, 0.717) is 0 Å². The highest BCUT2D eigenvalue weighted by molar-refractivity contribution is 6.07. The molecule has 5 rings (SSSR count). The Balaban J connectivity index is 1.57. The van der Waals surface area contributed by atoms with E-state index in [4.69, 9.17) is 0 Å². The van der Waals surface area contributed by atoms with Crippen LogP contribution in [0, 0.1) is 23.7 Å². The molecule has 1 saturated heterocycles. The molecular formula is C21H19NO2. The highest BCUT2D eigenvalue weighted by Crippen LogP contribution is 2.53. The zero-order chi connectivity index (χ0) is 16.4. The van der Waals surface area contributed by atoms with E-state index in [2.05, 4.69) is 30.4 Å². The summed E-state index contributed by atoms with van der Waals surface area (Å²) >= 11 is 0. The Kier molecular flexibility index (Phi) is 2.79. The first-order valence-corrected chi connectivity index (χ1v) is 8.69. The van der Waals surface area contributed by atoms with Gasteiger partial charge in [0.05, 0.1) is 17.9 Å². The minimum absolute atomic E-state index is 0.0299. The fourth-order valence-corrected chi connectivity index (χ4v) is 5.06. The van der Waals surface area contributed by atoms with Crippen molar-refractivity contribution in [1.82, 2.24) is 4.90 Å². The number of likely N-dealkylation sites (tertiary alicyclic amines) is 1. The van der Waals surface area contributed by atoms with E-state index in [9.17, 15) is 9.59 Å². The fraction of sp³-hybridized carbons (Fsp3) is 0.333. The Morgan fingerprint density at radius 2 is 1.54 bits per heavy atom. The van der Waals surface area contributed by atoms with Gasteiger partial charge in [-0.3, -0.25) is 14.5 Å². The lowest BCUT2D eigenvalue weighted by atomic mass is 9.85. The molecule has 1 aliphatic heterocycles. The van der Waals surface area contributed by atoms with Crippen molar-refractivity contribution in [3.63, 3.8) is 0 Å². The Morgan fingerprint density at radius 1 is 0.917 bits per heavy atom. The van der Waals surface area contributed by atoms with Gasteiger partial charge >= 0.3 is 0 Å². The summed E-state index contributed by atoms with van der Waals surface area (Å²) < 4.78 is 0. The molecule has 2 bridgehead atoms. The normalized spacial score (nSPS) is 32.0. The van der Waals surface area contributed by atoms with Crippen LogP contribution in [0.25, 0.3) is 10.8 Å². The number of amides is 2. The highest BCUT2D eigenvalue weighted by Gasteiger charge is 2.60. The van der Waals surface area contributed by atoms with Gasteiger partial charge in [-0.05, 0) is 41.5 Å². The molecule has 0 radical (unpaired) electrons. The van der Waals surface area contributed by atoms with Crippen molar-refractivity contribution in [3.8, 4) is 0 Å². The predicted octanol–water partition coefficient (Wildman–Crippen LogP) is 3.71. The third-order valence-electron chi connectivity index (χ3n) is 6.17. The fourth-order valence-electron chi connectivity index (χ4n) is 5.06. The van der Waals surface area contributed by atoms with Crippen molar-refractivity contribution in [2.45, 2.75) is 19.4 Å². The second kappa shape index (κ2) is 4.79. The first-order valence-electron chi connectivity index (χ1n) is 8.69. The smallest absolute Gasteiger partial charge is 0.234 e. The molecule has 5 atom stereocenters. The van der Waals surface area contributed by atoms with Crippen LogP contribution in [-0.2, 0) is 9.59 Å². The summed E-state index contributed by atoms with van der Waals surface area (Å²) in [5.74, 6) is 0.349. The highest BCUT2D eigenvalue weighted by atomic mass is 16.2. The molecule has 3 heteroatoms. The van der Waals surface area contributed by atoms with Crippen LogP contribution in [0.1, 0.15) is 24.9 Å². The van der Waals surface area contributed by atoms with Gasteiger partial charge in [0, 0.05) is 0 Å². The molecule has 3 aliphatic rings. The summed E-state index contributed by atoms with van der Waals surface area (Å²) in [6, 6.07) is 14.0. The van der Waals surface area contributed by atoms with E-state index in [1.54, 1.807) is 4.90 Å². The van der Waals surface area contributed by atoms with Crippen LogP contribution >= 0.6 is 0 Å². The lowest BCUT2D eigenvalue weighted by Gasteiger charge is -2.26. The first-order chi connectivity index (χ1) is 11.7. The van der Waals surface area contributed by atoms with Gasteiger partial charge < -0.3 is 0 Å². The van der Waals surface area contributed by atoms with Gasteiger partial charge in [0.2, 0.25) is 11.8 Å². The Morgan fingerprint density at radius 3 is 2.25 bits per heavy atom. The molecule has 2 aromatic carbocycles. The van der Waals surface area contributed by atoms with Gasteiger partial charge in [0.1, 0.15) is 0 Å². The van der Waals surface area contributed by atoms with Crippen LogP contribution in [-0.4, -0.2) is 16.7 Å². The van der Waals surface area contributed by atoms with E-state index >= 15 is 0 Å². The summed E-state index contributed by atoms with van der Waals surface area (Å²) in [7, 11) is 0. The molecule has 3 nitrogen and oxygen atoms in total. The molecule has 2 aliphatic carbocycles. The van der Waals surface area contributed by atoms with E-state index in [0.717, 1.165) is 22.8 Å². The van der Waals surface area contributed by atoms with E-state index in [-0.39, 0.29) is 41.5 Å². The zero-order valence-electron chi connectivity index (χ0n) is 13.6. The molecular weight excluding hydrogens is 298 g/mol. The van der Waals surface area contributed by atoms with Gasteiger partial charge in [0.25, 0.3) is 0 Å². The summed E-state index contributed by atoms with van der Waals surface area (Å²) in [6.07, 6.45) is 5.26. The maximum absolute atomic E-state index is 13.0. The molecule has 120 valence electrons. The van der Waals surface area contributed by atoms with Gasteiger partial charge in [-0.2, -0.15) is 0 Å². The number of benzene rings is 2. The quantitative estimate of drug-likeness (QED) is 0.625. The number of imide groups is 1. The van der Waals surface area contributed by atoms with Crippen LogP contribution in [0.15, 0.2) is 54.6 Å². The third-order valence-corrected chi connectivity index (χ3v) is 6.17. The largest absolute Gasteiger partial charge is 0.275 e. The standard InChI is InChI=1S/C21H19NO2/c1-12(16-8-4-6-13-5-2-3-7-17(13)16)22-20(23)18-14-9-10-15(11-14)19(18)21(22)24/h2-10,12,14-15,18-19H,11H2,1H3/t12-,14?,15?,18?,19?/m0/s1. The zero-order valence-corrected chi connectivity index (χ0v) is 13.6. The van der Waals surface area contributed by atoms with Crippen LogP contribution in [0.2, 0.25) is 0 Å². The van der Waals surface area contributed by atoms with Gasteiger partial charge in [-0.25, -0.2) is 0 Å². The summed E-state index contributed by atoms with van der Waals surface area (Å²) in [6.45, 7) is 1.98. The van der Waals surface area contributed by atoms with Gasteiger partial charge in [-0.15, -0.1) is 0 Å². The molecule has 24 heavy (non-hydrogen) atoms. The lowest BCUT2D eigenvalue weighted by molar-refractivity contribution is -0.143. The van der Waals surface area contributed by atoms with Gasteiger partial charge in [-0.1, -0.05) is 54.6 Å². The van der Waals surface area contributed by atoms with Crippen molar-refractivity contribution in [3.05, 3.63) is 60.2 Å². The Hall–Kier alpha value is -2.42. The van der Waals surface area contributed by atoms with Crippen molar-refractivity contribution in [2.24, 2.45) is 23.7 Å². The number of carbonyl (C=O) groups is 2. The van der Waals surface area contributed by atoms with Crippen LogP contribution in [0.4, 0.5) is 0 Å². The lowest BCUT2D eigenvalue weighted by Crippen LogP contribution is -2.35. The number of hydrogen-bond acceptors (Lipinski definition) is 2. The van der Waals surface area contributed by atoms with Crippen LogP contribution in [0.5, 0.6) is 0 Å². The number of allylic oxidation sites excluding steroid dienone is 2. The number of carbonyl (C=O) groups excluding carboxylic acids is 2. The molecule has 0 spiro atoms. The number of nitrogens with zero attached hydrogens (tertiary/aromatic N) is 1. The average Bonchev–Trinajstić information content (AvgIpc) is 3.28. The SMILES string of the molecule is C[C@@H](c1cccc2ccccc12)N1C(=O)C2C3C=CC(C3)C2C1=O. The molecule has 0 aromatic heterocycles. The number of hydrogen-bond donors (Lipinski definition) is 0. The van der Waals surface area contributed by atoms with Gasteiger partial charge in [0.15, 0.2) is 0 Å². The van der Waals surface area contributed by atoms with E-state index in [1.165, 1.54) is 0 Å². The summed E-state index contributed by atoms with van der Waals surface area (Å²) in [5.41, 5.74) is 1.05. The van der Waals surface area contributed by atoms with E-state index < -0.39 is 0 Å². The van der Waals surface area contributed by atoms with Crippen molar-refractivity contribution < 1.29 is 9.59 Å². The molecule has 2 aromatic rings. The number of rotatable bonds is 2. The molecule has 0 N–H and O–H groups in total. The maximum atomic E-state index is 13.0. The molecule has 2 amide bonds. The topological polar surface area (TPSA) is 37.4 Å². The Bertz CT molecular complexity index is 864. The van der Waals surface area contributed by atoms with Crippen LogP contribution in [0.3, 0.4) is 0 Å². The Labute approximate surface area is 141 Å². The van der Waals surface area contributed by atoms with Crippen molar-refractivity contribution in [2.75, 3.05) is 0 Å². The second-order valence-electron chi connectivity index (χ2n) is 7.29. The first kappa shape index (κ1) is 14.0. The maximum Gasteiger partial charge on any atom is 0.234 e. The molecule has 4 unspecified atom stereocenters. The number of fused-ring (bicyclic) bond motifs is 6. The van der Waals surface area contributed by atoms with Crippen molar-refractivity contribution >= 4 is 22.6 Å².